The van der Waals surface area contributed by atoms with Crippen molar-refractivity contribution in [2.75, 3.05) is 4.72 Å². The molecule has 0 aromatic heterocycles. The van der Waals surface area contributed by atoms with Crippen LogP contribution >= 0.6 is 0 Å². The fourth-order valence-corrected chi connectivity index (χ4v) is 3.36. The minimum atomic E-state index is -3.58. The number of hydrogen-bond acceptors (Lipinski definition) is 2. The van der Waals surface area contributed by atoms with Crippen molar-refractivity contribution in [1.82, 2.24) is 0 Å². The number of sulfonamides is 1. The van der Waals surface area contributed by atoms with Gasteiger partial charge in [0.05, 0.1) is 0 Å². The summed E-state index contributed by atoms with van der Waals surface area (Å²) in [5.74, 6) is 2.44. The van der Waals surface area contributed by atoms with E-state index in [-0.39, 0.29) is 6.42 Å². The quantitative estimate of drug-likeness (QED) is 0.858. The number of nitrogens with one attached hydrogen (secondary N) is 1. The lowest BCUT2D eigenvalue weighted by Crippen LogP contribution is -2.21. The van der Waals surface area contributed by atoms with Gasteiger partial charge in [0.1, 0.15) is 5.25 Å². The Morgan fingerprint density at radius 1 is 1.00 bits per heavy atom. The average molecular weight is 285 g/mol. The fraction of sp³-hybridized carbons (Fsp3) is 0.125. The lowest BCUT2D eigenvalue weighted by atomic mass is 10.1. The van der Waals surface area contributed by atoms with Gasteiger partial charge in [-0.05, 0) is 17.7 Å². The van der Waals surface area contributed by atoms with Crippen LogP contribution < -0.4 is 4.72 Å². The molecule has 1 N–H and O–H groups in total. The molecule has 2 rings (SSSR count). The summed E-state index contributed by atoms with van der Waals surface area (Å²) in [5, 5.41) is -0.756. The SMILES string of the molecule is C#CCC(c1ccccc1)S(=O)(=O)Nc1ccccc1. The first-order valence-electron chi connectivity index (χ1n) is 6.18. The van der Waals surface area contributed by atoms with Gasteiger partial charge in [0.2, 0.25) is 10.0 Å². The molecule has 2 aromatic carbocycles. The zero-order chi connectivity index (χ0) is 14.4. The molecule has 2 aromatic rings. The zero-order valence-corrected chi connectivity index (χ0v) is 11.7. The molecule has 0 fully saturated rings. The second-order valence-corrected chi connectivity index (χ2v) is 6.18. The molecule has 1 atom stereocenters. The maximum atomic E-state index is 12.5. The highest BCUT2D eigenvalue weighted by Crippen LogP contribution is 2.27. The highest BCUT2D eigenvalue weighted by molar-refractivity contribution is 7.92. The van der Waals surface area contributed by atoms with Crippen molar-refractivity contribution < 1.29 is 8.42 Å². The number of hydrogen-bond donors (Lipinski definition) is 1. The Hall–Kier alpha value is -2.25. The Bertz CT molecular complexity index is 688. The van der Waals surface area contributed by atoms with Crippen molar-refractivity contribution in [2.24, 2.45) is 0 Å². The van der Waals surface area contributed by atoms with Gasteiger partial charge >= 0.3 is 0 Å². The molecule has 0 aliphatic heterocycles. The van der Waals surface area contributed by atoms with E-state index in [9.17, 15) is 8.42 Å². The zero-order valence-electron chi connectivity index (χ0n) is 10.9. The van der Waals surface area contributed by atoms with Crippen LogP contribution in [-0.2, 0) is 10.0 Å². The molecule has 20 heavy (non-hydrogen) atoms. The van der Waals surface area contributed by atoms with Crippen LogP contribution in [-0.4, -0.2) is 8.42 Å². The normalized spacial score (nSPS) is 12.3. The first-order chi connectivity index (χ1) is 9.63. The van der Waals surface area contributed by atoms with E-state index in [4.69, 9.17) is 6.42 Å². The summed E-state index contributed by atoms with van der Waals surface area (Å²) in [4.78, 5) is 0. The number of benzene rings is 2. The van der Waals surface area contributed by atoms with Gasteiger partial charge in [-0.25, -0.2) is 8.42 Å². The summed E-state index contributed by atoms with van der Waals surface area (Å²) in [6.07, 6.45) is 5.45. The van der Waals surface area contributed by atoms with E-state index in [0.717, 1.165) is 0 Å². The van der Waals surface area contributed by atoms with Crippen molar-refractivity contribution in [3.05, 3.63) is 66.2 Å². The third-order valence-electron chi connectivity index (χ3n) is 2.88. The number of terminal acetylenes is 1. The van der Waals surface area contributed by atoms with Crippen LogP contribution in [0.4, 0.5) is 5.69 Å². The summed E-state index contributed by atoms with van der Waals surface area (Å²) in [5.41, 5.74) is 1.22. The largest absolute Gasteiger partial charge is 0.283 e. The third kappa shape index (κ3) is 3.40. The van der Waals surface area contributed by atoms with Crippen LogP contribution in [0.15, 0.2) is 60.7 Å². The van der Waals surface area contributed by atoms with Crippen molar-refractivity contribution in [3.8, 4) is 12.3 Å². The Morgan fingerprint density at radius 3 is 2.10 bits per heavy atom. The van der Waals surface area contributed by atoms with E-state index in [1.807, 2.05) is 12.1 Å². The third-order valence-corrected chi connectivity index (χ3v) is 4.59. The van der Waals surface area contributed by atoms with Gasteiger partial charge in [0, 0.05) is 12.1 Å². The van der Waals surface area contributed by atoms with Crippen molar-refractivity contribution in [1.29, 1.82) is 0 Å². The Balaban J connectivity index is 2.32. The smallest absolute Gasteiger partial charge is 0.240 e. The summed E-state index contributed by atoms with van der Waals surface area (Å²) in [6, 6.07) is 17.8. The van der Waals surface area contributed by atoms with Crippen LogP contribution in [0.3, 0.4) is 0 Å². The maximum absolute atomic E-state index is 12.5. The van der Waals surface area contributed by atoms with Crippen LogP contribution in [0, 0.1) is 12.3 Å². The molecule has 102 valence electrons. The minimum absolute atomic E-state index is 0.131. The molecule has 1 unspecified atom stereocenters. The van der Waals surface area contributed by atoms with Gasteiger partial charge in [0.15, 0.2) is 0 Å². The van der Waals surface area contributed by atoms with Crippen LogP contribution in [0.2, 0.25) is 0 Å². The fourth-order valence-electron chi connectivity index (χ4n) is 1.92. The highest BCUT2D eigenvalue weighted by atomic mass is 32.2. The summed E-state index contributed by atoms with van der Waals surface area (Å²) in [7, 11) is -3.58. The van der Waals surface area contributed by atoms with Crippen LogP contribution in [0.25, 0.3) is 0 Å². The molecule has 0 bridgehead atoms. The van der Waals surface area contributed by atoms with E-state index in [1.165, 1.54) is 0 Å². The van der Waals surface area contributed by atoms with Crippen LogP contribution in [0.1, 0.15) is 17.2 Å². The standard InChI is InChI=1S/C16H15NO2S/c1-2-9-16(14-10-5-3-6-11-14)20(18,19)17-15-12-7-4-8-13-15/h1,3-8,10-13,16-17H,9H2. The van der Waals surface area contributed by atoms with E-state index >= 15 is 0 Å². The summed E-state index contributed by atoms with van der Waals surface area (Å²) in [6.45, 7) is 0. The number of para-hydroxylation sites is 1. The van der Waals surface area contributed by atoms with E-state index < -0.39 is 15.3 Å². The number of rotatable bonds is 5. The van der Waals surface area contributed by atoms with E-state index in [0.29, 0.717) is 11.3 Å². The monoisotopic (exact) mass is 285 g/mol. The maximum Gasteiger partial charge on any atom is 0.240 e. The topological polar surface area (TPSA) is 46.2 Å². The molecular weight excluding hydrogens is 270 g/mol. The van der Waals surface area contributed by atoms with Crippen molar-refractivity contribution >= 4 is 15.7 Å². The van der Waals surface area contributed by atoms with Gasteiger partial charge in [-0.1, -0.05) is 48.5 Å². The molecule has 0 aliphatic carbocycles. The van der Waals surface area contributed by atoms with Crippen LogP contribution in [0.5, 0.6) is 0 Å². The van der Waals surface area contributed by atoms with Gasteiger partial charge in [0.25, 0.3) is 0 Å². The molecule has 0 spiro atoms. The molecule has 0 saturated heterocycles. The second-order valence-electron chi connectivity index (χ2n) is 4.32. The Kier molecular flexibility index (Phi) is 4.44. The highest BCUT2D eigenvalue weighted by Gasteiger charge is 2.26. The lowest BCUT2D eigenvalue weighted by Gasteiger charge is -2.17. The van der Waals surface area contributed by atoms with Crippen molar-refractivity contribution in [3.63, 3.8) is 0 Å². The second kappa shape index (κ2) is 6.27. The van der Waals surface area contributed by atoms with Gasteiger partial charge in [-0.2, -0.15) is 0 Å². The van der Waals surface area contributed by atoms with Gasteiger partial charge in [-0.3, -0.25) is 4.72 Å². The Morgan fingerprint density at radius 2 is 1.55 bits per heavy atom. The molecule has 3 nitrogen and oxygen atoms in total. The Labute approximate surface area is 119 Å². The van der Waals surface area contributed by atoms with Crippen molar-refractivity contribution in [2.45, 2.75) is 11.7 Å². The lowest BCUT2D eigenvalue weighted by molar-refractivity contribution is 0.588. The molecule has 0 aliphatic rings. The first-order valence-corrected chi connectivity index (χ1v) is 7.73. The predicted octanol–water partition coefficient (Wildman–Crippen LogP) is 3.19. The molecular formula is C16H15NO2S. The minimum Gasteiger partial charge on any atom is -0.283 e. The van der Waals surface area contributed by atoms with E-state index in [1.54, 1.807) is 48.5 Å². The first kappa shape index (κ1) is 14.2. The summed E-state index contributed by atoms with van der Waals surface area (Å²) < 4.78 is 27.5. The van der Waals surface area contributed by atoms with Gasteiger partial charge < -0.3 is 0 Å². The molecule has 4 heteroatoms. The average Bonchev–Trinajstić information content (AvgIpc) is 2.46. The van der Waals surface area contributed by atoms with Gasteiger partial charge in [-0.15, -0.1) is 12.3 Å². The molecule has 0 heterocycles. The molecule has 0 saturated carbocycles. The molecule has 0 amide bonds. The molecule has 0 radical (unpaired) electrons. The number of anilines is 1. The summed E-state index contributed by atoms with van der Waals surface area (Å²) >= 11 is 0. The predicted molar refractivity (Wildman–Crippen MR) is 81.6 cm³/mol. The van der Waals surface area contributed by atoms with E-state index in [2.05, 4.69) is 10.6 Å².